The Bertz CT molecular complexity index is 1590. The van der Waals surface area contributed by atoms with Crippen LogP contribution < -0.4 is 4.90 Å². The fourth-order valence-corrected chi connectivity index (χ4v) is 5.64. The molecule has 7 heteroatoms. The van der Waals surface area contributed by atoms with Crippen LogP contribution in [0.3, 0.4) is 0 Å². The fraction of sp³-hybridized carbons (Fsp3) is 0.273. The normalized spacial score (nSPS) is 14.4. The second kappa shape index (κ2) is 11.3. The van der Waals surface area contributed by atoms with Crippen LogP contribution in [0.5, 0.6) is 0 Å². The van der Waals surface area contributed by atoms with E-state index in [0.29, 0.717) is 32.6 Å². The van der Waals surface area contributed by atoms with Gasteiger partial charge in [0.25, 0.3) is 0 Å². The lowest BCUT2D eigenvalue weighted by atomic mass is 9.95. The highest BCUT2D eigenvalue weighted by Crippen LogP contribution is 2.31. The highest BCUT2D eigenvalue weighted by atomic mass is 16.2. The maximum Gasteiger partial charge on any atom is 0.230 e. The molecule has 2 aromatic heterocycles. The topological polar surface area (TPSA) is 67.2 Å². The smallest absolute Gasteiger partial charge is 0.230 e. The monoisotopic (exact) mass is 530 g/mol. The number of amides is 1. The van der Waals surface area contributed by atoms with Gasteiger partial charge in [-0.1, -0.05) is 85.8 Å². The highest BCUT2D eigenvalue weighted by molar-refractivity contribution is 5.91. The summed E-state index contributed by atoms with van der Waals surface area (Å²) in [5, 5.41) is 5.87. The second-order valence-electron chi connectivity index (χ2n) is 10.3. The third kappa shape index (κ3) is 5.07. The van der Waals surface area contributed by atoms with Gasteiger partial charge < -0.3 is 9.80 Å². The maximum atomic E-state index is 13.5. The maximum absolute atomic E-state index is 13.5. The van der Waals surface area contributed by atoms with Crippen molar-refractivity contribution in [1.29, 1.82) is 0 Å². The molecular weight excluding hydrogens is 496 g/mol. The first kappa shape index (κ1) is 25.7. The molecular formula is C33H34N6O. The van der Waals surface area contributed by atoms with Crippen LogP contribution in [-0.2, 0) is 11.2 Å². The predicted molar refractivity (Wildman–Crippen MR) is 159 cm³/mol. The summed E-state index contributed by atoms with van der Waals surface area (Å²) in [5.74, 6) is 1.76. The van der Waals surface area contributed by atoms with Crippen LogP contribution in [0, 0.1) is 6.92 Å². The van der Waals surface area contributed by atoms with E-state index in [0.717, 1.165) is 51.6 Å². The van der Waals surface area contributed by atoms with Crippen molar-refractivity contribution in [2.45, 2.75) is 32.6 Å². The number of para-hydroxylation sites is 1. The van der Waals surface area contributed by atoms with Gasteiger partial charge in [-0.3, -0.25) is 4.79 Å². The molecule has 6 rings (SSSR count). The number of carbonyl (C=O) groups is 1. The Labute approximate surface area is 235 Å². The van der Waals surface area contributed by atoms with E-state index in [1.54, 1.807) is 0 Å². The number of piperazine rings is 1. The number of aryl methyl sites for hydroxylation is 1. The molecule has 1 amide bonds. The molecule has 0 N–H and O–H groups in total. The minimum absolute atomic E-state index is 0.109. The molecule has 0 bridgehead atoms. The Morgan fingerprint density at radius 1 is 0.825 bits per heavy atom. The molecule has 0 saturated carbocycles. The van der Waals surface area contributed by atoms with E-state index in [4.69, 9.17) is 15.1 Å². The summed E-state index contributed by atoms with van der Waals surface area (Å²) < 4.78 is 1.93. The van der Waals surface area contributed by atoms with Crippen LogP contribution in [0.1, 0.15) is 41.9 Å². The lowest BCUT2D eigenvalue weighted by Gasteiger charge is -2.37. The third-order valence-electron chi connectivity index (χ3n) is 7.73. The van der Waals surface area contributed by atoms with Crippen molar-refractivity contribution in [2.24, 2.45) is 0 Å². The first-order chi connectivity index (χ1) is 19.6. The zero-order valence-corrected chi connectivity index (χ0v) is 23.1. The molecule has 1 aliphatic heterocycles. The van der Waals surface area contributed by atoms with Crippen LogP contribution in [-0.4, -0.2) is 56.7 Å². The summed E-state index contributed by atoms with van der Waals surface area (Å²) in [6.07, 6.45) is 1.42. The summed E-state index contributed by atoms with van der Waals surface area (Å²) in [4.78, 5) is 28.0. The first-order valence-electron chi connectivity index (χ1n) is 14.1. The van der Waals surface area contributed by atoms with Gasteiger partial charge in [0.1, 0.15) is 11.6 Å². The van der Waals surface area contributed by atoms with Crippen LogP contribution >= 0.6 is 0 Å². The summed E-state index contributed by atoms with van der Waals surface area (Å²) in [5.41, 5.74) is 4.93. The molecule has 7 nitrogen and oxygen atoms in total. The van der Waals surface area contributed by atoms with E-state index in [9.17, 15) is 4.79 Å². The highest BCUT2D eigenvalue weighted by Gasteiger charge is 2.30. The third-order valence-corrected chi connectivity index (χ3v) is 7.73. The van der Waals surface area contributed by atoms with Crippen LogP contribution in [0.4, 0.5) is 5.82 Å². The molecule has 1 aliphatic rings. The number of benzene rings is 3. The number of anilines is 1. The fourth-order valence-electron chi connectivity index (χ4n) is 5.64. The van der Waals surface area contributed by atoms with Crippen molar-refractivity contribution in [3.63, 3.8) is 0 Å². The minimum Gasteiger partial charge on any atom is -0.352 e. The zero-order valence-electron chi connectivity index (χ0n) is 23.1. The average molecular weight is 531 g/mol. The zero-order chi connectivity index (χ0) is 27.5. The molecule has 0 radical (unpaired) electrons. The van der Waals surface area contributed by atoms with Crippen molar-refractivity contribution < 1.29 is 4.79 Å². The predicted octanol–water partition coefficient (Wildman–Crippen LogP) is 5.56. The van der Waals surface area contributed by atoms with E-state index in [2.05, 4.69) is 36.1 Å². The van der Waals surface area contributed by atoms with Crippen LogP contribution in [0.2, 0.25) is 0 Å². The molecule has 0 aliphatic carbocycles. The molecule has 0 spiro atoms. The SMILES string of the molecule is CC[C@@H](C(=O)N1CCN(c2nc(Cc3ccccc3)nc3c2c(C)nn3-c2ccccc2)CC1)c1ccccc1. The van der Waals surface area contributed by atoms with Gasteiger partial charge in [0.2, 0.25) is 5.91 Å². The molecule has 1 saturated heterocycles. The second-order valence-corrected chi connectivity index (χ2v) is 10.3. The van der Waals surface area contributed by atoms with Gasteiger partial charge in [0.15, 0.2) is 5.65 Å². The van der Waals surface area contributed by atoms with Gasteiger partial charge in [0.05, 0.1) is 22.7 Å². The Kier molecular flexibility index (Phi) is 7.27. The van der Waals surface area contributed by atoms with Crippen LogP contribution in [0.25, 0.3) is 16.7 Å². The summed E-state index contributed by atoms with van der Waals surface area (Å²) in [6.45, 7) is 6.86. The molecule has 1 atom stereocenters. The Morgan fingerprint density at radius 2 is 1.45 bits per heavy atom. The Morgan fingerprint density at radius 3 is 2.10 bits per heavy atom. The lowest BCUT2D eigenvalue weighted by Crippen LogP contribution is -2.50. The van der Waals surface area contributed by atoms with Gasteiger partial charge in [-0.05, 0) is 36.6 Å². The number of hydrogen-bond donors (Lipinski definition) is 0. The van der Waals surface area contributed by atoms with Crippen molar-refractivity contribution in [2.75, 3.05) is 31.1 Å². The number of carbonyl (C=O) groups excluding carboxylic acids is 1. The standard InChI is InChI=1S/C33H34N6O/c1-3-28(26-15-9-5-10-16-26)33(40)38-21-19-37(20-22-38)31-30-24(2)36-39(27-17-11-6-12-18-27)32(30)35-29(34-31)23-25-13-7-4-8-14-25/h4-18,28H,3,19-23H2,1-2H3/t28-/m1/s1. The average Bonchev–Trinajstić information content (AvgIpc) is 3.34. The Hall–Kier alpha value is -4.52. The largest absolute Gasteiger partial charge is 0.352 e. The van der Waals surface area contributed by atoms with Crippen molar-refractivity contribution in [3.05, 3.63) is 114 Å². The molecule has 1 fully saturated rings. The number of rotatable bonds is 7. The summed E-state index contributed by atoms with van der Waals surface area (Å²) >= 11 is 0. The van der Waals surface area contributed by atoms with Crippen molar-refractivity contribution >= 4 is 22.8 Å². The van der Waals surface area contributed by atoms with E-state index < -0.39 is 0 Å². The number of hydrogen-bond acceptors (Lipinski definition) is 5. The van der Waals surface area contributed by atoms with E-state index in [1.165, 1.54) is 0 Å². The van der Waals surface area contributed by atoms with Gasteiger partial charge in [0, 0.05) is 32.6 Å². The van der Waals surface area contributed by atoms with E-state index in [1.807, 2.05) is 83.2 Å². The van der Waals surface area contributed by atoms with Gasteiger partial charge in [-0.15, -0.1) is 0 Å². The molecule has 3 heterocycles. The minimum atomic E-state index is -0.109. The van der Waals surface area contributed by atoms with E-state index in [-0.39, 0.29) is 11.8 Å². The molecule has 202 valence electrons. The van der Waals surface area contributed by atoms with Crippen LogP contribution in [0.15, 0.2) is 91.0 Å². The molecule has 5 aromatic rings. The molecule has 40 heavy (non-hydrogen) atoms. The van der Waals surface area contributed by atoms with Gasteiger partial charge in [-0.2, -0.15) is 5.10 Å². The molecule has 3 aromatic carbocycles. The summed E-state index contributed by atoms with van der Waals surface area (Å²) in [6, 6.07) is 30.6. The lowest BCUT2D eigenvalue weighted by molar-refractivity contribution is -0.133. The van der Waals surface area contributed by atoms with Gasteiger partial charge in [-0.25, -0.2) is 14.6 Å². The van der Waals surface area contributed by atoms with Gasteiger partial charge >= 0.3 is 0 Å². The summed E-state index contributed by atoms with van der Waals surface area (Å²) in [7, 11) is 0. The van der Waals surface area contributed by atoms with Crippen molar-refractivity contribution in [3.8, 4) is 5.69 Å². The van der Waals surface area contributed by atoms with Crippen molar-refractivity contribution in [1.82, 2.24) is 24.6 Å². The Balaban J connectivity index is 1.32. The molecule has 0 unspecified atom stereocenters. The number of fused-ring (bicyclic) bond motifs is 1. The van der Waals surface area contributed by atoms with E-state index >= 15 is 0 Å². The number of nitrogens with zero attached hydrogens (tertiary/aromatic N) is 6. The first-order valence-corrected chi connectivity index (χ1v) is 14.1. The number of aromatic nitrogens is 4. The quantitative estimate of drug-likeness (QED) is 0.276.